The molecule has 0 saturated carbocycles. The first kappa shape index (κ1) is 27.0. The number of nitrogens with zero attached hydrogens (tertiary/aromatic N) is 4. The third-order valence-corrected chi connectivity index (χ3v) is 7.24. The minimum Gasteiger partial charge on any atom is -0.329 e. The number of benzene rings is 2. The van der Waals surface area contributed by atoms with Gasteiger partial charge in [-0.15, -0.1) is 0 Å². The first-order chi connectivity index (χ1) is 18.0. The van der Waals surface area contributed by atoms with E-state index in [1.807, 2.05) is 38.1 Å². The predicted molar refractivity (Wildman–Crippen MR) is 144 cm³/mol. The van der Waals surface area contributed by atoms with Crippen LogP contribution in [0.25, 0.3) is 11.0 Å². The quantitative estimate of drug-likeness (QED) is 0.285. The second-order valence-electron chi connectivity index (χ2n) is 9.89. The topological polar surface area (TPSA) is 41.4 Å². The van der Waals surface area contributed by atoms with Crippen molar-refractivity contribution < 1.29 is 13.6 Å². The summed E-state index contributed by atoms with van der Waals surface area (Å²) < 4.78 is 30.6. The van der Waals surface area contributed by atoms with Crippen molar-refractivity contribution in [3.8, 4) is 0 Å². The molecule has 1 aromatic heterocycles. The Balaban J connectivity index is 1.61. The van der Waals surface area contributed by atoms with Gasteiger partial charge < -0.3 is 9.47 Å². The number of para-hydroxylation sites is 2. The molecule has 3 aromatic rings. The van der Waals surface area contributed by atoms with Crippen LogP contribution in [0, 0.1) is 11.6 Å². The Morgan fingerprint density at radius 3 is 2.51 bits per heavy atom. The number of hydrogen-bond donors (Lipinski definition) is 0. The summed E-state index contributed by atoms with van der Waals surface area (Å²) in [6.45, 7) is 8.23. The smallest absolute Gasteiger partial charge is 0.257 e. The van der Waals surface area contributed by atoms with Crippen LogP contribution in [0.5, 0.6) is 0 Å². The lowest BCUT2D eigenvalue weighted by Gasteiger charge is -2.29. The zero-order valence-electron chi connectivity index (χ0n) is 22.0. The number of unbranched alkanes of at least 4 members (excludes halogenated alkanes) is 1. The van der Waals surface area contributed by atoms with Crippen molar-refractivity contribution >= 4 is 16.9 Å². The van der Waals surface area contributed by atoms with Crippen LogP contribution in [0.2, 0.25) is 0 Å². The maximum absolute atomic E-state index is 14.6. The number of carbonyl (C=O) groups is 1. The first-order valence-electron chi connectivity index (χ1n) is 13.6. The zero-order valence-corrected chi connectivity index (χ0v) is 22.0. The summed E-state index contributed by atoms with van der Waals surface area (Å²) in [5, 5.41) is 0. The zero-order chi connectivity index (χ0) is 26.2. The van der Waals surface area contributed by atoms with Gasteiger partial charge in [-0.3, -0.25) is 9.69 Å². The van der Waals surface area contributed by atoms with Crippen molar-refractivity contribution in [1.29, 1.82) is 0 Å². The molecule has 1 atom stereocenters. The summed E-state index contributed by atoms with van der Waals surface area (Å²) >= 11 is 0. The number of rotatable bonds is 10. The molecule has 0 N–H and O–H groups in total. The lowest BCUT2D eigenvalue weighted by Crippen LogP contribution is -2.36. The van der Waals surface area contributed by atoms with Crippen molar-refractivity contribution in [2.75, 3.05) is 26.2 Å². The first-order valence-corrected chi connectivity index (χ1v) is 13.6. The van der Waals surface area contributed by atoms with E-state index >= 15 is 0 Å². The normalized spacial score (nSPS) is 15.8. The van der Waals surface area contributed by atoms with Crippen molar-refractivity contribution in [3.05, 3.63) is 77.6 Å². The summed E-state index contributed by atoms with van der Waals surface area (Å²) in [6.07, 6.45) is 11.2. The van der Waals surface area contributed by atoms with E-state index in [-0.39, 0.29) is 5.56 Å². The molecule has 4 rings (SSSR count). The summed E-state index contributed by atoms with van der Waals surface area (Å²) in [6, 6.07) is 11.3. The van der Waals surface area contributed by atoms with E-state index in [4.69, 9.17) is 4.98 Å². The second-order valence-corrected chi connectivity index (χ2v) is 9.89. The van der Waals surface area contributed by atoms with Crippen molar-refractivity contribution in [2.24, 2.45) is 0 Å². The van der Waals surface area contributed by atoms with Crippen LogP contribution in [0.1, 0.15) is 74.6 Å². The van der Waals surface area contributed by atoms with E-state index in [0.717, 1.165) is 55.4 Å². The van der Waals surface area contributed by atoms with Gasteiger partial charge in [0.05, 0.1) is 22.6 Å². The molecule has 37 heavy (non-hydrogen) atoms. The van der Waals surface area contributed by atoms with Gasteiger partial charge in [-0.1, -0.05) is 56.5 Å². The molecule has 1 unspecified atom stereocenters. The Morgan fingerprint density at radius 2 is 1.76 bits per heavy atom. The number of allylic oxidation sites excluding steroid dienone is 1. The minimum atomic E-state index is -1.11. The number of imidazole rings is 1. The summed E-state index contributed by atoms with van der Waals surface area (Å²) in [4.78, 5) is 22.5. The van der Waals surface area contributed by atoms with Crippen LogP contribution in [0.15, 0.2) is 54.6 Å². The van der Waals surface area contributed by atoms with Crippen molar-refractivity contribution in [3.63, 3.8) is 0 Å². The van der Waals surface area contributed by atoms with Gasteiger partial charge in [-0.2, -0.15) is 0 Å². The third kappa shape index (κ3) is 6.45. The van der Waals surface area contributed by atoms with Gasteiger partial charge in [0.15, 0.2) is 11.6 Å². The molecule has 0 aliphatic carbocycles. The van der Waals surface area contributed by atoms with E-state index in [1.165, 1.54) is 37.8 Å². The van der Waals surface area contributed by atoms with Crippen LogP contribution in [-0.2, 0) is 6.54 Å². The van der Waals surface area contributed by atoms with Crippen LogP contribution < -0.4 is 0 Å². The highest BCUT2D eigenvalue weighted by atomic mass is 19.2. The SMILES string of the molecule is CCCCN(C(=O)c1cccc(F)c1F)C(C)c1nc2ccccc2n1C/C=C/CN1CCCCCC1. The highest BCUT2D eigenvalue weighted by molar-refractivity contribution is 5.94. The van der Waals surface area contributed by atoms with E-state index in [0.29, 0.717) is 13.1 Å². The molecule has 198 valence electrons. The molecule has 1 amide bonds. The molecule has 0 bridgehead atoms. The number of hydrogen-bond acceptors (Lipinski definition) is 3. The predicted octanol–water partition coefficient (Wildman–Crippen LogP) is 6.75. The lowest BCUT2D eigenvalue weighted by atomic mass is 10.1. The van der Waals surface area contributed by atoms with E-state index in [9.17, 15) is 13.6 Å². The van der Waals surface area contributed by atoms with Crippen LogP contribution >= 0.6 is 0 Å². The number of likely N-dealkylation sites (tertiary alicyclic amines) is 1. The fourth-order valence-electron chi connectivity index (χ4n) is 5.09. The number of fused-ring (bicyclic) bond motifs is 1. The van der Waals surface area contributed by atoms with E-state index in [1.54, 1.807) is 4.90 Å². The lowest BCUT2D eigenvalue weighted by molar-refractivity contribution is 0.0672. The molecule has 1 saturated heterocycles. The Kier molecular flexibility index (Phi) is 9.45. The fourth-order valence-corrected chi connectivity index (χ4v) is 5.09. The monoisotopic (exact) mass is 508 g/mol. The number of amides is 1. The van der Waals surface area contributed by atoms with Gasteiger partial charge in [0.1, 0.15) is 5.82 Å². The van der Waals surface area contributed by atoms with Gasteiger partial charge >= 0.3 is 0 Å². The third-order valence-electron chi connectivity index (χ3n) is 7.24. The molecule has 0 spiro atoms. The second kappa shape index (κ2) is 13.0. The van der Waals surface area contributed by atoms with Gasteiger partial charge in [-0.05, 0) is 63.5 Å². The fraction of sp³-hybridized carbons (Fsp3) is 0.467. The molecule has 1 aliphatic heterocycles. The average molecular weight is 509 g/mol. The molecule has 5 nitrogen and oxygen atoms in total. The molecule has 7 heteroatoms. The Morgan fingerprint density at radius 1 is 1.03 bits per heavy atom. The van der Waals surface area contributed by atoms with Crippen molar-refractivity contribution in [1.82, 2.24) is 19.4 Å². The molecule has 0 radical (unpaired) electrons. The molecule has 1 aliphatic rings. The van der Waals surface area contributed by atoms with Crippen molar-refractivity contribution in [2.45, 2.75) is 65.0 Å². The highest BCUT2D eigenvalue weighted by Crippen LogP contribution is 2.27. The molecular formula is C30H38F2N4O. The molecule has 2 aromatic carbocycles. The van der Waals surface area contributed by atoms with E-state index in [2.05, 4.69) is 21.6 Å². The number of halogens is 2. The largest absolute Gasteiger partial charge is 0.329 e. The van der Waals surface area contributed by atoms with Gasteiger partial charge in [0.2, 0.25) is 0 Å². The number of aromatic nitrogens is 2. The number of carbonyl (C=O) groups excluding carboxylic acids is 1. The highest BCUT2D eigenvalue weighted by Gasteiger charge is 2.29. The van der Waals surface area contributed by atoms with Crippen LogP contribution in [0.3, 0.4) is 0 Å². The van der Waals surface area contributed by atoms with Gasteiger partial charge in [0, 0.05) is 19.6 Å². The Bertz CT molecular complexity index is 1210. The maximum Gasteiger partial charge on any atom is 0.257 e. The maximum atomic E-state index is 14.6. The Hall–Kier alpha value is -3.06. The Labute approximate surface area is 218 Å². The minimum absolute atomic E-state index is 0.247. The summed E-state index contributed by atoms with van der Waals surface area (Å²) in [7, 11) is 0. The van der Waals surface area contributed by atoms with Crippen LogP contribution in [-0.4, -0.2) is 51.4 Å². The molecule has 1 fully saturated rings. The van der Waals surface area contributed by atoms with Gasteiger partial charge in [-0.25, -0.2) is 13.8 Å². The standard InChI is InChI=1S/C30H38F2N4O/c1-3-4-21-35(30(37)24-14-13-15-25(31)28(24)32)23(2)29-33-26-16-7-8-17-27(26)36(29)22-12-11-20-34-18-9-5-6-10-19-34/h7-8,11-17,23H,3-6,9-10,18-22H2,1-2H3/b12-11+. The summed E-state index contributed by atoms with van der Waals surface area (Å²) in [5.74, 6) is -1.91. The van der Waals surface area contributed by atoms with Crippen LogP contribution in [0.4, 0.5) is 8.78 Å². The van der Waals surface area contributed by atoms with Gasteiger partial charge in [0.25, 0.3) is 5.91 Å². The molecule has 2 heterocycles. The molecular weight excluding hydrogens is 470 g/mol. The average Bonchev–Trinajstić information content (AvgIpc) is 3.07. The van der Waals surface area contributed by atoms with E-state index < -0.39 is 23.6 Å². The summed E-state index contributed by atoms with van der Waals surface area (Å²) in [5.41, 5.74) is 1.59.